The zero-order valence-corrected chi connectivity index (χ0v) is 9.06. The molecule has 0 N–H and O–H groups in total. The third kappa shape index (κ3) is 2.75. The zero-order chi connectivity index (χ0) is 8.93. The van der Waals surface area contributed by atoms with E-state index in [1.807, 2.05) is 11.8 Å². The molecule has 1 saturated heterocycles. The van der Waals surface area contributed by atoms with E-state index in [1.165, 1.54) is 50.9 Å². The monoisotopic (exact) mass is 197 g/mol. The summed E-state index contributed by atoms with van der Waals surface area (Å²) in [6, 6.07) is 0.753. The third-order valence-corrected chi connectivity index (χ3v) is 3.91. The highest BCUT2D eigenvalue weighted by atomic mass is 32.2. The summed E-state index contributed by atoms with van der Waals surface area (Å²) in [4.78, 5) is 2.68. The summed E-state index contributed by atoms with van der Waals surface area (Å²) in [6.07, 6.45) is 9.56. The molecule has 0 radical (unpaired) electrons. The molecule has 0 bridgehead atoms. The van der Waals surface area contributed by atoms with E-state index in [0.29, 0.717) is 0 Å². The number of thioether (sulfide) groups is 1. The highest BCUT2D eigenvalue weighted by Gasteiger charge is 2.18. The van der Waals surface area contributed by atoms with Gasteiger partial charge in [-0.25, -0.2) is 0 Å². The van der Waals surface area contributed by atoms with Crippen molar-refractivity contribution < 1.29 is 0 Å². The Labute approximate surface area is 85.6 Å². The minimum Gasteiger partial charge on any atom is -0.296 e. The van der Waals surface area contributed by atoms with Crippen molar-refractivity contribution in [3.63, 3.8) is 0 Å². The third-order valence-electron chi connectivity index (χ3n) is 3.02. The molecule has 2 heteroatoms. The van der Waals surface area contributed by atoms with Gasteiger partial charge in [0.15, 0.2) is 0 Å². The molecule has 2 rings (SSSR count). The van der Waals surface area contributed by atoms with Crippen molar-refractivity contribution in [2.45, 2.75) is 38.1 Å². The van der Waals surface area contributed by atoms with Crippen LogP contribution in [0.4, 0.5) is 0 Å². The molecule has 0 aromatic carbocycles. The fourth-order valence-electron chi connectivity index (χ4n) is 2.19. The first-order chi connectivity index (χ1) is 6.47. The van der Waals surface area contributed by atoms with Crippen LogP contribution in [-0.2, 0) is 0 Å². The number of nitrogens with zero attached hydrogens (tertiary/aromatic N) is 1. The normalized spacial score (nSPS) is 31.5. The molecule has 0 spiro atoms. The summed E-state index contributed by atoms with van der Waals surface area (Å²) in [5.74, 6) is 1.29. The predicted octanol–water partition coefficient (Wildman–Crippen LogP) is 2.88. The van der Waals surface area contributed by atoms with Gasteiger partial charge in [-0.2, -0.15) is 0 Å². The summed E-state index contributed by atoms with van der Waals surface area (Å²) < 4.78 is 0. The molecule has 0 aliphatic carbocycles. The maximum atomic E-state index is 2.68. The zero-order valence-electron chi connectivity index (χ0n) is 8.24. The molecule has 2 aliphatic rings. The Balaban J connectivity index is 1.84. The first kappa shape index (κ1) is 9.60. The molecule has 0 saturated carbocycles. The highest BCUT2D eigenvalue weighted by Crippen LogP contribution is 2.21. The summed E-state index contributed by atoms with van der Waals surface area (Å²) in [6.45, 7) is 2.66. The Morgan fingerprint density at radius 3 is 2.31 bits per heavy atom. The van der Waals surface area contributed by atoms with Crippen LogP contribution in [0.5, 0.6) is 0 Å². The van der Waals surface area contributed by atoms with Crippen LogP contribution in [0.2, 0.25) is 0 Å². The van der Waals surface area contributed by atoms with Gasteiger partial charge in [0, 0.05) is 11.8 Å². The molecule has 1 atom stereocenters. The second-order valence-electron chi connectivity index (χ2n) is 4.03. The van der Waals surface area contributed by atoms with E-state index in [-0.39, 0.29) is 0 Å². The minimum atomic E-state index is 0.753. The van der Waals surface area contributed by atoms with E-state index in [4.69, 9.17) is 0 Å². The lowest BCUT2D eigenvalue weighted by atomic mass is 10.1. The Morgan fingerprint density at radius 1 is 1.00 bits per heavy atom. The first-order valence-corrected chi connectivity index (χ1v) is 6.54. The van der Waals surface area contributed by atoms with Crippen LogP contribution in [-0.4, -0.2) is 29.8 Å². The minimum absolute atomic E-state index is 0.753. The van der Waals surface area contributed by atoms with Gasteiger partial charge >= 0.3 is 0 Å². The maximum Gasteiger partial charge on any atom is 0.0380 e. The average Bonchev–Trinajstić information content (AvgIpc) is 2.55. The van der Waals surface area contributed by atoms with E-state index < -0.39 is 0 Å². The Morgan fingerprint density at radius 2 is 1.69 bits per heavy atom. The van der Waals surface area contributed by atoms with Crippen LogP contribution in [0.15, 0.2) is 11.5 Å². The Hall–Kier alpha value is 0.0500. The van der Waals surface area contributed by atoms with E-state index in [0.717, 1.165) is 6.04 Å². The fraction of sp³-hybridized carbons (Fsp3) is 0.818. The molecule has 2 heterocycles. The van der Waals surface area contributed by atoms with Gasteiger partial charge in [0.2, 0.25) is 0 Å². The Bertz CT molecular complexity index is 171. The van der Waals surface area contributed by atoms with Crippen LogP contribution in [0, 0.1) is 0 Å². The van der Waals surface area contributed by atoms with E-state index in [1.54, 1.807) is 0 Å². The topological polar surface area (TPSA) is 3.24 Å². The van der Waals surface area contributed by atoms with E-state index >= 15 is 0 Å². The first-order valence-electron chi connectivity index (χ1n) is 5.49. The lowest BCUT2D eigenvalue weighted by Crippen LogP contribution is -2.36. The van der Waals surface area contributed by atoms with Crippen molar-refractivity contribution in [1.82, 2.24) is 4.90 Å². The van der Waals surface area contributed by atoms with Crippen LogP contribution in [0.3, 0.4) is 0 Å². The maximum absolute atomic E-state index is 2.68. The molecule has 1 unspecified atom stereocenters. The summed E-state index contributed by atoms with van der Waals surface area (Å²) >= 11 is 1.97. The lowest BCUT2D eigenvalue weighted by Gasteiger charge is -2.28. The second-order valence-corrected chi connectivity index (χ2v) is 4.97. The summed E-state index contributed by atoms with van der Waals surface area (Å²) in [7, 11) is 0. The molecule has 1 nitrogen and oxygen atoms in total. The molecule has 1 fully saturated rings. The van der Waals surface area contributed by atoms with E-state index in [2.05, 4.69) is 16.4 Å². The van der Waals surface area contributed by atoms with Gasteiger partial charge in [0.1, 0.15) is 0 Å². The highest BCUT2D eigenvalue weighted by molar-refractivity contribution is 8.02. The summed E-state index contributed by atoms with van der Waals surface area (Å²) in [5.41, 5.74) is 0. The van der Waals surface area contributed by atoms with Crippen molar-refractivity contribution in [3.05, 3.63) is 11.5 Å². The van der Waals surface area contributed by atoms with Gasteiger partial charge in [-0.1, -0.05) is 25.3 Å². The van der Waals surface area contributed by atoms with Gasteiger partial charge < -0.3 is 0 Å². The van der Waals surface area contributed by atoms with Crippen LogP contribution < -0.4 is 0 Å². The van der Waals surface area contributed by atoms with E-state index in [9.17, 15) is 0 Å². The van der Waals surface area contributed by atoms with Crippen molar-refractivity contribution in [2.75, 3.05) is 18.8 Å². The number of hydrogen-bond donors (Lipinski definition) is 0. The van der Waals surface area contributed by atoms with Crippen molar-refractivity contribution in [2.24, 2.45) is 0 Å². The van der Waals surface area contributed by atoms with Gasteiger partial charge in [-0.3, -0.25) is 4.90 Å². The lowest BCUT2D eigenvalue weighted by molar-refractivity contribution is 0.223. The number of hydrogen-bond acceptors (Lipinski definition) is 2. The molecular formula is C11H19NS. The average molecular weight is 197 g/mol. The predicted molar refractivity (Wildman–Crippen MR) is 60.0 cm³/mol. The second kappa shape index (κ2) is 5.06. The standard InChI is InChI=1S/C11H19NS/c1-2-4-7-12(8-5-3-1)11-6-9-13-10-11/h6,9,11H,1-5,7-8,10H2. The molecule has 0 aromatic rings. The van der Waals surface area contributed by atoms with Gasteiger partial charge in [0.25, 0.3) is 0 Å². The summed E-state index contributed by atoms with van der Waals surface area (Å²) in [5, 5.41) is 2.27. The van der Waals surface area contributed by atoms with Crippen LogP contribution in [0.1, 0.15) is 32.1 Å². The van der Waals surface area contributed by atoms with Gasteiger partial charge in [-0.15, -0.1) is 11.8 Å². The largest absolute Gasteiger partial charge is 0.296 e. The van der Waals surface area contributed by atoms with Crippen molar-refractivity contribution >= 4 is 11.8 Å². The van der Waals surface area contributed by atoms with Crippen LogP contribution in [0.25, 0.3) is 0 Å². The Kier molecular flexibility index (Phi) is 3.74. The smallest absolute Gasteiger partial charge is 0.0380 e. The molecular weight excluding hydrogens is 178 g/mol. The molecule has 13 heavy (non-hydrogen) atoms. The van der Waals surface area contributed by atoms with Crippen molar-refractivity contribution in [3.8, 4) is 0 Å². The number of rotatable bonds is 1. The molecule has 0 aromatic heterocycles. The fourth-order valence-corrected chi connectivity index (χ4v) is 3.11. The van der Waals surface area contributed by atoms with Gasteiger partial charge in [0.05, 0.1) is 0 Å². The van der Waals surface area contributed by atoms with Crippen LogP contribution >= 0.6 is 11.8 Å². The SMILES string of the molecule is C1=CC(N2CCCCCCC2)CS1. The van der Waals surface area contributed by atoms with Crippen molar-refractivity contribution in [1.29, 1.82) is 0 Å². The number of likely N-dealkylation sites (tertiary alicyclic amines) is 1. The van der Waals surface area contributed by atoms with Gasteiger partial charge in [-0.05, 0) is 31.3 Å². The molecule has 74 valence electrons. The molecule has 2 aliphatic heterocycles. The quantitative estimate of drug-likeness (QED) is 0.636. The molecule has 0 amide bonds.